The zero-order valence-corrected chi connectivity index (χ0v) is 16.7. The number of ketones is 1. The fourth-order valence-electron chi connectivity index (χ4n) is 8.27. The molecule has 1 aliphatic heterocycles. The molecular formula is C24H32O3. The van der Waals surface area contributed by atoms with Gasteiger partial charge in [-0.25, -0.2) is 0 Å². The fraction of sp³-hybridized carbons (Fsp3) is 0.792. The molecular weight excluding hydrogens is 336 g/mol. The Hall–Kier alpha value is -0.930. The van der Waals surface area contributed by atoms with Gasteiger partial charge in [0.15, 0.2) is 12.1 Å². The topological polar surface area (TPSA) is 35.5 Å². The van der Waals surface area contributed by atoms with Crippen LogP contribution in [0.3, 0.4) is 0 Å². The monoisotopic (exact) mass is 368 g/mol. The van der Waals surface area contributed by atoms with Crippen molar-refractivity contribution >= 4 is 5.78 Å². The Morgan fingerprint density at radius 1 is 1.11 bits per heavy atom. The number of hydrogen-bond donors (Lipinski definition) is 0. The highest BCUT2D eigenvalue weighted by atomic mass is 16.7. The number of carbonyl (C=O) groups excluding carboxylic acids is 1. The molecule has 0 N–H and O–H groups in total. The van der Waals surface area contributed by atoms with Crippen LogP contribution in [0.4, 0.5) is 0 Å². The highest BCUT2D eigenvalue weighted by Gasteiger charge is 2.67. The predicted octanol–water partition coefficient (Wildman–Crippen LogP) is 4.82. The van der Waals surface area contributed by atoms with Crippen molar-refractivity contribution in [2.45, 2.75) is 76.6 Å². The molecule has 6 rings (SSSR count). The largest absolute Gasteiger partial charge is 0.352 e. The lowest BCUT2D eigenvalue weighted by Gasteiger charge is -2.57. The molecule has 0 aromatic rings. The van der Waals surface area contributed by atoms with Gasteiger partial charge in [0.1, 0.15) is 0 Å². The minimum atomic E-state index is -0.168. The Balaban J connectivity index is 1.35. The van der Waals surface area contributed by atoms with Crippen LogP contribution in [0.5, 0.6) is 0 Å². The molecule has 1 heterocycles. The van der Waals surface area contributed by atoms with Crippen molar-refractivity contribution in [2.75, 3.05) is 7.11 Å². The highest BCUT2D eigenvalue weighted by Crippen LogP contribution is 2.72. The van der Waals surface area contributed by atoms with Crippen molar-refractivity contribution in [2.24, 2.45) is 34.5 Å². The molecule has 0 saturated heterocycles. The van der Waals surface area contributed by atoms with Crippen LogP contribution in [0.1, 0.15) is 64.7 Å². The van der Waals surface area contributed by atoms with Gasteiger partial charge in [-0.2, -0.15) is 0 Å². The van der Waals surface area contributed by atoms with E-state index in [0.29, 0.717) is 17.1 Å². The lowest BCUT2D eigenvalue weighted by molar-refractivity contribution is -0.192. The molecule has 0 radical (unpaired) electrons. The van der Waals surface area contributed by atoms with E-state index < -0.39 is 0 Å². The zero-order chi connectivity index (χ0) is 18.4. The molecule has 0 aromatic heterocycles. The van der Waals surface area contributed by atoms with Crippen LogP contribution in [0.2, 0.25) is 0 Å². The second-order valence-corrected chi connectivity index (χ2v) is 10.6. The first kappa shape index (κ1) is 17.0. The summed E-state index contributed by atoms with van der Waals surface area (Å²) < 4.78 is 12.0. The molecule has 6 aliphatic rings. The smallest absolute Gasteiger partial charge is 0.177 e. The third-order valence-corrected chi connectivity index (χ3v) is 9.78. The zero-order valence-electron chi connectivity index (χ0n) is 16.7. The van der Waals surface area contributed by atoms with E-state index in [-0.39, 0.29) is 17.3 Å². The Bertz CT molecular complexity index is 747. The molecule has 4 saturated carbocycles. The molecule has 3 heteroatoms. The first-order valence-electron chi connectivity index (χ1n) is 11.2. The van der Waals surface area contributed by atoms with Gasteiger partial charge in [-0.05, 0) is 92.6 Å². The van der Waals surface area contributed by atoms with Crippen molar-refractivity contribution in [1.29, 1.82) is 0 Å². The summed E-state index contributed by atoms with van der Waals surface area (Å²) in [5, 5.41) is 0. The minimum absolute atomic E-state index is 0.112. The van der Waals surface area contributed by atoms with Crippen LogP contribution in [0, 0.1) is 34.5 Å². The van der Waals surface area contributed by atoms with Gasteiger partial charge in [0.2, 0.25) is 0 Å². The fourth-order valence-corrected chi connectivity index (χ4v) is 8.27. The third-order valence-electron chi connectivity index (χ3n) is 9.78. The minimum Gasteiger partial charge on any atom is -0.352 e. The number of methoxy groups -OCH3 is 1. The van der Waals surface area contributed by atoms with E-state index in [0.717, 1.165) is 37.0 Å². The van der Waals surface area contributed by atoms with Crippen LogP contribution >= 0.6 is 0 Å². The molecule has 0 amide bonds. The van der Waals surface area contributed by atoms with Crippen LogP contribution in [0.15, 0.2) is 23.8 Å². The second kappa shape index (κ2) is 5.36. The van der Waals surface area contributed by atoms with E-state index >= 15 is 0 Å². The summed E-state index contributed by atoms with van der Waals surface area (Å²) in [5.74, 6) is 3.46. The van der Waals surface area contributed by atoms with Crippen molar-refractivity contribution in [3.05, 3.63) is 23.8 Å². The predicted molar refractivity (Wildman–Crippen MR) is 103 cm³/mol. The summed E-state index contributed by atoms with van der Waals surface area (Å²) in [4.78, 5) is 12.1. The molecule has 4 fully saturated rings. The van der Waals surface area contributed by atoms with Gasteiger partial charge in [-0.3, -0.25) is 4.79 Å². The average molecular weight is 369 g/mol. The van der Waals surface area contributed by atoms with Gasteiger partial charge in [0.25, 0.3) is 0 Å². The van der Waals surface area contributed by atoms with Crippen LogP contribution < -0.4 is 0 Å². The first-order valence-corrected chi connectivity index (χ1v) is 11.2. The van der Waals surface area contributed by atoms with E-state index in [4.69, 9.17) is 9.47 Å². The Labute approximate surface area is 162 Å². The summed E-state index contributed by atoms with van der Waals surface area (Å²) >= 11 is 0. The summed E-state index contributed by atoms with van der Waals surface area (Å²) in [5.41, 5.74) is 2.10. The number of allylic oxidation sites excluding steroid dienone is 1. The number of ether oxygens (including phenoxy) is 2. The molecule has 146 valence electrons. The molecule has 0 aromatic carbocycles. The van der Waals surface area contributed by atoms with Gasteiger partial charge in [-0.15, -0.1) is 0 Å². The van der Waals surface area contributed by atoms with Crippen molar-refractivity contribution < 1.29 is 14.3 Å². The van der Waals surface area contributed by atoms with Crippen LogP contribution in [0.25, 0.3) is 0 Å². The van der Waals surface area contributed by atoms with Crippen molar-refractivity contribution in [3.63, 3.8) is 0 Å². The van der Waals surface area contributed by atoms with E-state index in [1.165, 1.54) is 38.5 Å². The second-order valence-electron chi connectivity index (χ2n) is 10.6. The number of hydrogen-bond acceptors (Lipinski definition) is 3. The van der Waals surface area contributed by atoms with E-state index in [1.807, 2.05) is 0 Å². The Morgan fingerprint density at radius 3 is 2.70 bits per heavy atom. The number of fused-ring (bicyclic) bond motifs is 7. The Kier molecular flexibility index (Phi) is 3.37. The summed E-state index contributed by atoms with van der Waals surface area (Å²) in [7, 11) is 1.75. The molecule has 7 atom stereocenters. The molecule has 2 spiro atoms. The van der Waals surface area contributed by atoms with Crippen LogP contribution in [-0.2, 0) is 14.3 Å². The summed E-state index contributed by atoms with van der Waals surface area (Å²) in [6.45, 7) is 2.51. The quantitative estimate of drug-likeness (QED) is 0.623. The normalized spacial score (nSPS) is 51.9. The maximum absolute atomic E-state index is 12.1. The van der Waals surface area contributed by atoms with Crippen LogP contribution in [-0.4, -0.2) is 24.8 Å². The maximum Gasteiger partial charge on any atom is 0.177 e. The summed E-state index contributed by atoms with van der Waals surface area (Å²) in [6.07, 6.45) is 17.3. The molecule has 27 heavy (non-hydrogen) atoms. The third kappa shape index (κ3) is 2.08. The SMILES string of the molecule is COC1C=C[C@@]2(CCC3C4CC5(CC5)C5=CC(=O)CC[C@@H]5C4CC[C@@]32C)O1. The van der Waals surface area contributed by atoms with Gasteiger partial charge in [-0.1, -0.05) is 18.6 Å². The van der Waals surface area contributed by atoms with E-state index in [2.05, 4.69) is 25.2 Å². The maximum atomic E-state index is 12.1. The Morgan fingerprint density at radius 2 is 1.96 bits per heavy atom. The number of carbonyl (C=O) groups is 1. The number of rotatable bonds is 1. The average Bonchev–Trinajstić information content (AvgIpc) is 3.20. The molecule has 5 aliphatic carbocycles. The molecule has 4 unspecified atom stereocenters. The van der Waals surface area contributed by atoms with Gasteiger partial charge in [0, 0.05) is 18.9 Å². The van der Waals surface area contributed by atoms with E-state index in [9.17, 15) is 4.79 Å². The van der Waals surface area contributed by atoms with Crippen molar-refractivity contribution in [1.82, 2.24) is 0 Å². The lowest BCUT2D eigenvalue weighted by Crippen LogP contribution is -2.53. The first-order chi connectivity index (χ1) is 13.0. The highest BCUT2D eigenvalue weighted by molar-refractivity contribution is 5.91. The standard InChI is InChI=1S/C24H32O3/c1-22-8-5-16-17-4-3-15(25)13-20(17)23(11-12-23)14-18(16)19(22)6-9-24(22)10-7-21(26-2)27-24/h7,10,13,16-19,21H,3-6,8-9,11-12,14H2,1-2H3/t16?,17-,18?,19?,21?,22+,24-/m1/s1. The van der Waals surface area contributed by atoms with Gasteiger partial charge >= 0.3 is 0 Å². The van der Waals surface area contributed by atoms with E-state index in [1.54, 1.807) is 12.7 Å². The molecule has 3 nitrogen and oxygen atoms in total. The lowest BCUT2D eigenvalue weighted by atomic mass is 9.48. The summed E-state index contributed by atoms with van der Waals surface area (Å²) in [6, 6.07) is 0. The molecule has 0 bridgehead atoms. The van der Waals surface area contributed by atoms with Crippen molar-refractivity contribution in [3.8, 4) is 0 Å². The van der Waals surface area contributed by atoms with Gasteiger partial charge < -0.3 is 9.47 Å². The van der Waals surface area contributed by atoms with Gasteiger partial charge in [0.05, 0.1) is 5.60 Å².